The Morgan fingerprint density at radius 1 is 1.36 bits per heavy atom. The zero-order chi connectivity index (χ0) is 7.84. The van der Waals surface area contributed by atoms with Crippen LogP contribution in [0.4, 0.5) is 0 Å². The zero-order valence-electron chi connectivity index (χ0n) is 5.77. The number of halogens is 2. The first kappa shape index (κ1) is 7.38. The molecule has 0 aliphatic heterocycles. The van der Waals surface area contributed by atoms with Gasteiger partial charge in [0.2, 0.25) is 0 Å². The Morgan fingerprint density at radius 2 is 2.18 bits per heavy atom. The van der Waals surface area contributed by atoms with Gasteiger partial charge < -0.3 is 0 Å². The average Bonchev–Trinajstić information content (AvgIpc) is 2.32. The van der Waals surface area contributed by atoms with Gasteiger partial charge in [-0.1, -0.05) is 39.7 Å². The van der Waals surface area contributed by atoms with Gasteiger partial charge in [-0.15, -0.1) is 0 Å². The van der Waals surface area contributed by atoms with E-state index in [1.165, 1.54) is 15.6 Å². The maximum atomic E-state index is 5.83. The molecule has 56 valence electrons. The van der Waals surface area contributed by atoms with Crippen molar-refractivity contribution in [3.63, 3.8) is 0 Å². The third-order valence-corrected chi connectivity index (χ3v) is 2.81. The average molecular weight is 230 g/mol. The fourth-order valence-corrected chi connectivity index (χ4v) is 2.02. The van der Waals surface area contributed by atoms with Crippen LogP contribution in [0.2, 0.25) is 5.02 Å². The molecule has 0 saturated heterocycles. The fraction of sp³-hybridized carbons (Fsp3) is 0.111. The third-order valence-electron chi connectivity index (χ3n) is 1.83. The summed E-state index contributed by atoms with van der Waals surface area (Å²) >= 11 is 9.31. The van der Waals surface area contributed by atoms with E-state index in [9.17, 15) is 0 Å². The Hall–Kier alpha value is -0.270. The van der Waals surface area contributed by atoms with Gasteiger partial charge in [-0.3, -0.25) is 0 Å². The highest BCUT2D eigenvalue weighted by Gasteiger charge is 2.10. The summed E-state index contributed by atoms with van der Waals surface area (Å²) in [6, 6.07) is 5.98. The minimum atomic E-state index is 0.819. The molecular weight excluding hydrogens is 223 g/mol. The summed E-state index contributed by atoms with van der Waals surface area (Å²) < 4.78 is 1.18. The van der Waals surface area contributed by atoms with Crippen LogP contribution in [0.3, 0.4) is 0 Å². The molecule has 1 aromatic rings. The number of hydrogen-bond donors (Lipinski definition) is 0. The molecule has 0 heterocycles. The molecule has 0 aromatic heterocycles. The van der Waals surface area contributed by atoms with Crippen molar-refractivity contribution in [3.05, 3.63) is 40.4 Å². The van der Waals surface area contributed by atoms with Crippen molar-refractivity contribution < 1.29 is 0 Å². The number of allylic oxidation sites excluding steroid dienone is 1. The van der Waals surface area contributed by atoms with E-state index in [1.807, 2.05) is 18.2 Å². The van der Waals surface area contributed by atoms with E-state index in [-0.39, 0.29) is 0 Å². The Labute approximate surface area is 79.0 Å². The van der Waals surface area contributed by atoms with Crippen molar-refractivity contribution in [1.82, 2.24) is 0 Å². The summed E-state index contributed by atoms with van der Waals surface area (Å²) in [7, 11) is 0. The maximum absolute atomic E-state index is 5.83. The van der Waals surface area contributed by atoms with Gasteiger partial charge in [0.05, 0.1) is 0 Å². The van der Waals surface area contributed by atoms with Crippen LogP contribution in [-0.2, 0) is 6.42 Å². The van der Waals surface area contributed by atoms with Crippen LogP contribution in [0.25, 0.3) is 4.48 Å². The molecule has 0 bridgehead atoms. The van der Waals surface area contributed by atoms with E-state index in [1.54, 1.807) is 0 Å². The molecule has 0 fully saturated rings. The van der Waals surface area contributed by atoms with Gasteiger partial charge in [0, 0.05) is 9.51 Å². The minimum absolute atomic E-state index is 0.819. The highest BCUT2D eigenvalue weighted by Crippen LogP contribution is 2.32. The second-order valence-corrected chi connectivity index (χ2v) is 3.85. The predicted octanol–water partition coefficient (Wildman–Crippen LogP) is 3.63. The van der Waals surface area contributed by atoms with E-state index in [4.69, 9.17) is 11.6 Å². The number of hydrogen-bond acceptors (Lipinski definition) is 0. The molecule has 2 heteroatoms. The first-order valence-corrected chi connectivity index (χ1v) is 4.59. The van der Waals surface area contributed by atoms with Crippen LogP contribution in [0.15, 0.2) is 24.3 Å². The Bertz CT molecular complexity index is 328. The van der Waals surface area contributed by atoms with Crippen molar-refractivity contribution in [2.75, 3.05) is 0 Å². The topological polar surface area (TPSA) is 0 Å². The largest absolute Gasteiger partial charge is 0.0843 e. The van der Waals surface area contributed by atoms with Crippen molar-refractivity contribution in [3.8, 4) is 0 Å². The van der Waals surface area contributed by atoms with E-state index in [0.29, 0.717) is 0 Å². The second kappa shape index (κ2) is 2.65. The molecule has 1 aliphatic carbocycles. The molecule has 0 nitrogen and oxygen atoms in total. The fourth-order valence-electron chi connectivity index (χ4n) is 1.27. The second-order valence-electron chi connectivity index (χ2n) is 2.56. The summed E-state index contributed by atoms with van der Waals surface area (Å²) in [6.07, 6.45) is 3.15. The van der Waals surface area contributed by atoms with Crippen molar-refractivity contribution in [2.45, 2.75) is 6.42 Å². The third kappa shape index (κ3) is 1.23. The van der Waals surface area contributed by atoms with Crippen LogP contribution in [-0.4, -0.2) is 0 Å². The Kier molecular flexibility index (Phi) is 1.78. The molecule has 0 atom stereocenters. The van der Waals surface area contributed by atoms with Crippen LogP contribution in [0.5, 0.6) is 0 Å². The molecule has 0 amide bonds. The summed E-state index contributed by atoms with van der Waals surface area (Å²) in [5.74, 6) is 0. The normalized spacial score (nSPS) is 14.5. The van der Waals surface area contributed by atoms with Gasteiger partial charge >= 0.3 is 0 Å². The highest BCUT2D eigenvalue weighted by molar-refractivity contribution is 9.15. The molecule has 1 aliphatic rings. The van der Waals surface area contributed by atoms with Crippen molar-refractivity contribution >= 4 is 32.0 Å². The van der Waals surface area contributed by atoms with Gasteiger partial charge in [0.25, 0.3) is 0 Å². The molecular formula is C9H6BrCl. The molecule has 2 rings (SSSR count). The molecule has 0 radical (unpaired) electrons. The van der Waals surface area contributed by atoms with Gasteiger partial charge in [-0.05, 0) is 29.7 Å². The lowest BCUT2D eigenvalue weighted by molar-refractivity contribution is 1.31. The van der Waals surface area contributed by atoms with Crippen LogP contribution in [0, 0.1) is 0 Å². The zero-order valence-corrected chi connectivity index (χ0v) is 8.11. The molecule has 0 saturated carbocycles. The first-order chi connectivity index (χ1) is 5.27. The summed E-state index contributed by atoms with van der Waals surface area (Å²) in [4.78, 5) is 0. The van der Waals surface area contributed by atoms with Gasteiger partial charge in [0.1, 0.15) is 0 Å². The lowest BCUT2D eigenvalue weighted by atomic mass is 10.1. The standard InChI is InChI=1S/C9H6BrCl/c10-9-4-1-6-5-7(11)2-3-8(6)9/h2-5H,1H2. The highest BCUT2D eigenvalue weighted by atomic mass is 79.9. The van der Waals surface area contributed by atoms with Crippen molar-refractivity contribution in [1.29, 1.82) is 0 Å². The smallest absolute Gasteiger partial charge is 0.0409 e. The molecule has 0 unspecified atom stereocenters. The van der Waals surface area contributed by atoms with E-state index in [0.717, 1.165) is 11.4 Å². The molecule has 0 spiro atoms. The summed E-state index contributed by atoms with van der Waals surface area (Å²) in [6.45, 7) is 0. The van der Waals surface area contributed by atoms with Crippen molar-refractivity contribution in [2.24, 2.45) is 0 Å². The Morgan fingerprint density at radius 3 is 3.00 bits per heavy atom. The van der Waals surface area contributed by atoms with Gasteiger partial charge in [0.15, 0.2) is 0 Å². The number of rotatable bonds is 0. The maximum Gasteiger partial charge on any atom is 0.0409 e. The number of fused-ring (bicyclic) bond motifs is 1. The van der Waals surface area contributed by atoms with E-state index >= 15 is 0 Å². The molecule has 11 heavy (non-hydrogen) atoms. The molecule has 0 N–H and O–H groups in total. The van der Waals surface area contributed by atoms with Crippen LogP contribution < -0.4 is 0 Å². The van der Waals surface area contributed by atoms with Crippen LogP contribution in [0.1, 0.15) is 11.1 Å². The van der Waals surface area contributed by atoms with Crippen LogP contribution >= 0.6 is 27.5 Å². The summed E-state index contributed by atoms with van der Waals surface area (Å²) in [5.41, 5.74) is 2.58. The molecule has 1 aromatic carbocycles. The number of benzene rings is 1. The quantitative estimate of drug-likeness (QED) is 0.637. The SMILES string of the molecule is Clc1ccc2c(c1)CC=C2Br. The monoisotopic (exact) mass is 228 g/mol. The van der Waals surface area contributed by atoms with E-state index in [2.05, 4.69) is 22.0 Å². The first-order valence-electron chi connectivity index (χ1n) is 3.42. The lowest BCUT2D eigenvalue weighted by Gasteiger charge is -1.99. The Balaban J connectivity index is 2.58. The van der Waals surface area contributed by atoms with Gasteiger partial charge in [-0.25, -0.2) is 0 Å². The van der Waals surface area contributed by atoms with E-state index < -0.39 is 0 Å². The summed E-state index contributed by atoms with van der Waals surface area (Å²) in [5, 5.41) is 0.819. The predicted molar refractivity (Wildman–Crippen MR) is 52.1 cm³/mol. The minimum Gasteiger partial charge on any atom is -0.0843 e. The lowest BCUT2D eigenvalue weighted by Crippen LogP contribution is -1.80. The van der Waals surface area contributed by atoms with Gasteiger partial charge in [-0.2, -0.15) is 0 Å².